The van der Waals surface area contributed by atoms with Crippen molar-refractivity contribution in [2.24, 2.45) is 0 Å². The molecule has 41 heavy (non-hydrogen) atoms. The van der Waals surface area contributed by atoms with Gasteiger partial charge in [0, 0.05) is 30.8 Å². The van der Waals surface area contributed by atoms with Crippen LogP contribution in [0.3, 0.4) is 0 Å². The molecule has 0 aliphatic heterocycles. The standard InChI is InChI=1S/C34H30N4O3/c1-23-28(21-35)18-19-29(41-4)30(23)38-32(26-15-9-6-10-16-26)31(25-13-7-5-8-14-25)37(34(38)40)22-24-12-11-17-27(20-24)33(39)36(2)3/h5-20H,22H2,1-4H3. The Morgan fingerprint density at radius 2 is 1.51 bits per heavy atom. The Balaban J connectivity index is 1.88. The molecular formula is C34H30N4O3. The number of carbonyl (C=O) groups is 1. The zero-order chi connectivity index (χ0) is 29.1. The summed E-state index contributed by atoms with van der Waals surface area (Å²) in [6, 6.07) is 32.5. The van der Waals surface area contributed by atoms with Crippen LogP contribution in [0.4, 0.5) is 0 Å². The van der Waals surface area contributed by atoms with Gasteiger partial charge in [0.05, 0.1) is 42.4 Å². The smallest absolute Gasteiger partial charge is 0.334 e. The number of rotatable bonds is 7. The van der Waals surface area contributed by atoms with Gasteiger partial charge >= 0.3 is 5.69 Å². The Hall–Kier alpha value is -5.35. The van der Waals surface area contributed by atoms with Gasteiger partial charge in [-0.3, -0.25) is 13.9 Å². The molecule has 5 rings (SSSR count). The average molecular weight is 543 g/mol. The number of nitriles is 1. The van der Waals surface area contributed by atoms with Crippen molar-refractivity contribution < 1.29 is 9.53 Å². The molecule has 0 aliphatic rings. The van der Waals surface area contributed by atoms with E-state index in [-0.39, 0.29) is 18.1 Å². The SMILES string of the molecule is COc1ccc(C#N)c(C)c1-n1c(-c2ccccc2)c(-c2ccccc2)n(Cc2cccc(C(=O)N(C)C)c2)c1=O. The van der Waals surface area contributed by atoms with E-state index in [2.05, 4.69) is 6.07 Å². The molecule has 0 radical (unpaired) electrons. The fourth-order valence-corrected chi connectivity index (χ4v) is 5.13. The van der Waals surface area contributed by atoms with Gasteiger partial charge < -0.3 is 9.64 Å². The first-order valence-corrected chi connectivity index (χ1v) is 13.2. The number of carbonyl (C=O) groups excluding carboxylic acids is 1. The minimum Gasteiger partial charge on any atom is -0.495 e. The van der Waals surface area contributed by atoms with Crippen LogP contribution in [0.1, 0.15) is 27.0 Å². The summed E-state index contributed by atoms with van der Waals surface area (Å²) in [4.78, 5) is 28.9. The second-order valence-corrected chi connectivity index (χ2v) is 9.93. The molecule has 0 atom stereocenters. The molecule has 7 nitrogen and oxygen atoms in total. The Labute approximate surface area is 239 Å². The predicted octanol–water partition coefficient (Wildman–Crippen LogP) is 5.91. The molecule has 0 saturated carbocycles. The third kappa shape index (κ3) is 5.04. The number of nitrogens with zero attached hydrogens (tertiary/aromatic N) is 4. The molecule has 0 spiro atoms. The summed E-state index contributed by atoms with van der Waals surface area (Å²) < 4.78 is 9.13. The number of benzene rings is 4. The Morgan fingerprint density at radius 1 is 0.878 bits per heavy atom. The van der Waals surface area contributed by atoms with Gasteiger partial charge in [0.2, 0.25) is 0 Å². The van der Waals surface area contributed by atoms with Crippen LogP contribution >= 0.6 is 0 Å². The lowest BCUT2D eigenvalue weighted by atomic mass is 10.0. The van der Waals surface area contributed by atoms with Crippen molar-refractivity contribution in [3.8, 4) is 40.0 Å². The van der Waals surface area contributed by atoms with E-state index in [1.807, 2.05) is 85.8 Å². The highest BCUT2D eigenvalue weighted by molar-refractivity contribution is 5.94. The van der Waals surface area contributed by atoms with Crippen LogP contribution in [0.2, 0.25) is 0 Å². The fraction of sp³-hybridized carbons (Fsp3) is 0.147. The average Bonchev–Trinajstić information content (AvgIpc) is 3.28. The second kappa shape index (κ2) is 11.4. The van der Waals surface area contributed by atoms with E-state index in [0.717, 1.165) is 22.4 Å². The van der Waals surface area contributed by atoms with Crippen LogP contribution in [0.5, 0.6) is 5.75 Å². The highest BCUT2D eigenvalue weighted by Crippen LogP contribution is 2.38. The molecular weight excluding hydrogens is 512 g/mol. The van der Waals surface area contributed by atoms with E-state index in [0.29, 0.717) is 33.8 Å². The first kappa shape index (κ1) is 27.2. The summed E-state index contributed by atoms with van der Waals surface area (Å²) in [5.74, 6) is 0.370. The van der Waals surface area contributed by atoms with Gasteiger partial charge in [0.25, 0.3) is 5.91 Å². The lowest BCUT2D eigenvalue weighted by Gasteiger charge is -2.16. The van der Waals surface area contributed by atoms with Crippen LogP contribution in [-0.2, 0) is 6.54 Å². The Morgan fingerprint density at radius 3 is 2.10 bits per heavy atom. The maximum absolute atomic E-state index is 14.6. The van der Waals surface area contributed by atoms with Gasteiger partial charge in [-0.1, -0.05) is 72.8 Å². The normalized spacial score (nSPS) is 10.7. The quantitative estimate of drug-likeness (QED) is 0.256. The second-order valence-electron chi connectivity index (χ2n) is 9.93. The number of ether oxygens (including phenoxy) is 1. The van der Waals surface area contributed by atoms with Crippen LogP contribution in [0.25, 0.3) is 28.2 Å². The molecule has 0 bridgehead atoms. The van der Waals surface area contributed by atoms with E-state index in [9.17, 15) is 14.9 Å². The largest absolute Gasteiger partial charge is 0.495 e. The van der Waals surface area contributed by atoms with Crippen molar-refractivity contribution in [1.82, 2.24) is 14.0 Å². The van der Waals surface area contributed by atoms with Crippen LogP contribution in [-0.4, -0.2) is 41.1 Å². The fourth-order valence-electron chi connectivity index (χ4n) is 5.13. The summed E-state index contributed by atoms with van der Waals surface area (Å²) in [5, 5.41) is 9.84. The lowest BCUT2D eigenvalue weighted by Crippen LogP contribution is -2.26. The number of hydrogen-bond donors (Lipinski definition) is 0. The predicted molar refractivity (Wildman–Crippen MR) is 160 cm³/mol. The zero-order valence-corrected chi connectivity index (χ0v) is 23.5. The Kier molecular flexibility index (Phi) is 7.57. The number of methoxy groups -OCH3 is 1. The summed E-state index contributed by atoms with van der Waals surface area (Å²) in [7, 11) is 4.98. The minimum atomic E-state index is -0.288. The molecule has 1 aromatic heterocycles. The van der Waals surface area contributed by atoms with Gasteiger partial charge in [-0.25, -0.2) is 4.79 Å². The molecule has 4 aromatic carbocycles. The number of imidazole rings is 1. The van der Waals surface area contributed by atoms with Gasteiger partial charge in [0.1, 0.15) is 5.75 Å². The monoisotopic (exact) mass is 542 g/mol. The van der Waals surface area contributed by atoms with Crippen molar-refractivity contribution in [3.05, 3.63) is 130 Å². The summed E-state index contributed by atoms with van der Waals surface area (Å²) in [5.41, 5.74) is 5.77. The van der Waals surface area contributed by atoms with E-state index in [1.54, 1.807) is 48.5 Å². The molecule has 0 N–H and O–H groups in total. The van der Waals surface area contributed by atoms with E-state index in [1.165, 1.54) is 4.90 Å². The van der Waals surface area contributed by atoms with Crippen LogP contribution in [0.15, 0.2) is 102 Å². The maximum atomic E-state index is 14.6. The first-order chi connectivity index (χ1) is 19.8. The van der Waals surface area contributed by atoms with Crippen LogP contribution < -0.4 is 10.4 Å². The molecule has 7 heteroatoms. The third-order valence-corrected chi connectivity index (χ3v) is 7.11. The van der Waals surface area contributed by atoms with Crippen molar-refractivity contribution >= 4 is 5.91 Å². The van der Waals surface area contributed by atoms with Gasteiger partial charge in [0.15, 0.2) is 0 Å². The molecule has 1 amide bonds. The minimum absolute atomic E-state index is 0.112. The molecule has 0 aliphatic carbocycles. The summed E-state index contributed by atoms with van der Waals surface area (Å²) in [6.07, 6.45) is 0. The Bertz CT molecular complexity index is 1830. The van der Waals surface area contributed by atoms with E-state index in [4.69, 9.17) is 4.74 Å². The van der Waals surface area contributed by atoms with Gasteiger partial charge in [-0.2, -0.15) is 5.26 Å². The topological polar surface area (TPSA) is 80.3 Å². The molecule has 0 fully saturated rings. The van der Waals surface area contributed by atoms with Crippen molar-refractivity contribution in [1.29, 1.82) is 5.26 Å². The molecule has 0 saturated heterocycles. The summed E-state index contributed by atoms with van der Waals surface area (Å²) >= 11 is 0. The number of hydrogen-bond acceptors (Lipinski definition) is 4. The van der Waals surface area contributed by atoms with Gasteiger partial charge in [-0.05, 0) is 42.3 Å². The molecule has 204 valence electrons. The molecule has 5 aromatic rings. The van der Waals surface area contributed by atoms with E-state index >= 15 is 0 Å². The molecule has 0 unspecified atom stereocenters. The number of aromatic nitrogens is 2. The number of amides is 1. The van der Waals surface area contributed by atoms with Crippen LogP contribution in [0, 0.1) is 18.3 Å². The van der Waals surface area contributed by atoms with Gasteiger partial charge in [-0.15, -0.1) is 0 Å². The van der Waals surface area contributed by atoms with Crippen molar-refractivity contribution in [3.63, 3.8) is 0 Å². The van der Waals surface area contributed by atoms with Crippen molar-refractivity contribution in [2.45, 2.75) is 13.5 Å². The summed E-state index contributed by atoms with van der Waals surface area (Å²) in [6.45, 7) is 2.05. The lowest BCUT2D eigenvalue weighted by molar-refractivity contribution is 0.0827. The van der Waals surface area contributed by atoms with Crippen molar-refractivity contribution in [2.75, 3.05) is 21.2 Å². The highest BCUT2D eigenvalue weighted by atomic mass is 16.5. The maximum Gasteiger partial charge on any atom is 0.334 e. The zero-order valence-electron chi connectivity index (χ0n) is 23.5. The highest BCUT2D eigenvalue weighted by Gasteiger charge is 2.27. The molecule has 1 heterocycles. The van der Waals surface area contributed by atoms with E-state index < -0.39 is 0 Å². The third-order valence-electron chi connectivity index (χ3n) is 7.11. The first-order valence-electron chi connectivity index (χ1n) is 13.2.